The van der Waals surface area contributed by atoms with Crippen molar-refractivity contribution in [2.75, 3.05) is 19.6 Å². The number of aliphatic carboxylic acids is 1. The summed E-state index contributed by atoms with van der Waals surface area (Å²) in [5.41, 5.74) is 1.04. The largest absolute Gasteiger partial charge is 0.481 e. The van der Waals surface area contributed by atoms with Gasteiger partial charge in [-0.3, -0.25) is 14.5 Å². The molecule has 1 saturated heterocycles. The van der Waals surface area contributed by atoms with Crippen LogP contribution in [0.5, 0.6) is 0 Å². The van der Waals surface area contributed by atoms with Crippen LogP contribution in [0.1, 0.15) is 10.4 Å². The Morgan fingerprint density at radius 1 is 1.43 bits per heavy atom. The van der Waals surface area contributed by atoms with Crippen molar-refractivity contribution < 1.29 is 27.9 Å². The summed E-state index contributed by atoms with van der Waals surface area (Å²) in [6.45, 7) is 1.25. The summed E-state index contributed by atoms with van der Waals surface area (Å²) in [4.78, 5) is 25.1. The van der Waals surface area contributed by atoms with Gasteiger partial charge in [0, 0.05) is 18.0 Å². The van der Waals surface area contributed by atoms with E-state index in [0.29, 0.717) is 6.54 Å². The normalized spacial score (nSPS) is 22.3. The minimum Gasteiger partial charge on any atom is -0.481 e. The highest BCUT2D eigenvalue weighted by Gasteiger charge is 2.52. The SMILES string of the molecule is Cc1ccsc1CNC(=O)CN1C[C@@H](C(F)(F)F)[C@H](C(=O)O)C1. The first kappa shape index (κ1) is 17.7. The smallest absolute Gasteiger partial charge is 0.393 e. The number of thiophene rings is 1. The number of carbonyl (C=O) groups excluding carboxylic acids is 1. The first-order chi connectivity index (χ1) is 10.7. The quantitative estimate of drug-likeness (QED) is 0.851. The van der Waals surface area contributed by atoms with Crippen LogP contribution in [0.4, 0.5) is 13.2 Å². The fourth-order valence-corrected chi connectivity index (χ4v) is 3.47. The summed E-state index contributed by atoms with van der Waals surface area (Å²) in [7, 11) is 0. The lowest BCUT2D eigenvalue weighted by Gasteiger charge is -2.18. The molecule has 0 aromatic carbocycles. The lowest BCUT2D eigenvalue weighted by atomic mass is 9.96. The van der Waals surface area contributed by atoms with Crippen LogP contribution in [0.2, 0.25) is 0 Å². The fourth-order valence-electron chi connectivity index (χ4n) is 2.62. The molecule has 2 heterocycles. The Balaban J connectivity index is 1.89. The number of aryl methyl sites for hydroxylation is 1. The van der Waals surface area contributed by atoms with Crippen LogP contribution in [-0.4, -0.2) is 47.7 Å². The molecule has 0 aliphatic carbocycles. The summed E-state index contributed by atoms with van der Waals surface area (Å²) in [6, 6.07) is 1.91. The van der Waals surface area contributed by atoms with E-state index in [9.17, 15) is 22.8 Å². The Morgan fingerprint density at radius 3 is 2.61 bits per heavy atom. The van der Waals surface area contributed by atoms with E-state index in [-0.39, 0.29) is 13.1 Å². The Hall–Kier alpha value is -1.61. The highest BCUT2D eigenvalue weighted by Crippen LogP contribution is 2.37. The molecule has 2 N–H and O–H groups in total. The molecular weight excluding hydrogens is 333 g/mol. The minimum absolute atomic E-state index is 0.235. The van der Waals surface area contributed by atoms with Crippen molar-refractivity contribution in [3.05, 3.63) is 21.9 Å². The Morgan fingerprint density at radius 2 is 2.13 bits per heavy atom. The first-order valence-corrected chi connectivity index (χ1v) is 7.88. The van der Waals surface area contributed by atoms with E-state index in [1.54, 1.807) is 0 Å². The minimum atomic E-state index is -4.58. The number of nitrogens with one attached hydrogen (secondary N) is 1. The molecule has 2 rings (SSSR count). The molecule has 1 aliphatic heterocycles. The molecule has 0 radical (unpaired) electrons. The molecule has 1 amide bonds. The summed E-state index contributed by atoms with van der Waals surface area (Å²) in [6.07, 6.45) is -4.58. The summed E-state index contributed by atoms with van der Waals surface area (Å²) in [5.74, 6) is -5.36. The van der Waals surface area contributed by atoms with Gasteiger partial charge >= 0.3 is 12.1 Å². The second-order valence-electron chi connectivity index (χ2n) is 5.59. The van der Waals surface area contributed by atoms with Crippen LogP contribution in [-0.2, 0) is 16.1 Å². The fraction of sp³-hybridized carbons (Fsp3) is 0.571. The molecule has 9 heteroatoms. The van der Waals surface area contributed by atoms with E-state index in [4.69, 9.17) is 5.11 Å². The van der Waals surface area contributed by atoms with Gasteiger partial charge in [0.15, 0.2) is 0 Å². The number of carboxylic acids is 1. The molecule has 1 aromatic rings. The van der Waals surface area contributed by atoms with Crippen LogP contribution in [0.3, 0.4) is 0 Å². The van der Waals surface area contributed by atoms with E-state index >= 15 is 0 Å². The predicted octanol–water partition coefficient (Wildman–Crippen LogP) is 1.87. The molecule has 1 aromatic heterocycles. The zero-order chi connectivity index (χ0) is 17.2. The zero-order valence-corrected chi connectivity index (χ0v) is 13.2. The second-order valence-corrected chi connectivity index (χ2v) is 6.59. The average molecular weight is 350 g/mol. The monoisotopic (exact) mass is 350 g/mol. The van der Waals surface area contributed by atoms with Crippen molar-refractivity contribution in [2.45, 2.75) is 19.6 Å². The molecule has 2 atom stereocenters. The van der Waals surface area contributed by atoms with Crippen molar-refractivity contribution in [1.82, 2.24) is 10.2 Å². The molecule has 0 bridgehead atoms. The number of carbonyl (C=O) groups is 2. The van der Waals surface area contributed by atoms with Gasteiger partial charge in [-0.25, -0.2) is 0 Å². The molecular formula is C14H17F3N2O3S. The number of amides is 1. The second kappa shape index (κ2) is 6.88. The van der Waals surface area contributed by atoms with Crippen molar-refractivity contribution in [2.24, 2.45) is 11.8 Å². The van der Waals surface area contributed by atoms with Crippen LogP contribution in [0.15, 0.2) is 11.4 Å². The Kier molecular flexibility index (Phi) is 5.30. The standard InChI is InChI=1S/C14H17F3N2O3S/c1-8-2-3-23-11(8)4-18-12(20)7-19-5-9(13(21)22)10(6-19)14(15,16)17/h2-3,9-10H,4-7H2,1H3,(H,18,20)(H,21,22)/t9-,10-/m1/s1. The predicted molar refractivity (Wildman–Crippen MR) is 78.0 cm³/mol. The third-order valence-corrected chi connectivity index (χ3v) is 4.94. The van der Waals surface area contributed by atoms with Gasteiger partial charge in [0.25, 0.3) is 0 Å². The van der Waals surface area contributed by atoms with E-state index in [1.807, 2.05) is 18.4 Å². The average Bonchev–Trinajstić information content (AvgIpc) is 3.02. The molecule has 0 unspecified atom stereocenters. The number of likely N-dealkylation sites (tertiary alicyclic amines) is 1. The van der Waals surface area contributed by atoms with E-state index < -0.39 is 36.4 Å². The molecule has 23 heavy (non-hydrogen) atoms. The number of carboxylic acid groups (broad SMARTS) is 1. The van der Waals surface area contributed by atoms with Crippen molar-refractivity contribution in [1.29, 1.82) is 0 Å². The lowest BCUT2D eigenvalue weighted by molar-refractivity contribution is -0.188. The maximum Gasteiger partial charge on any atom is 0.393 e. The summed E-state index contributed by atoms with van der Waals surface area (Å²) in [5, 5.41) is 13.5. The maximum absolute atomic E-state index is 12.9. The number of hydrogen-bond donors (Lipinski definition) is 2. The van der Waals surface area contributed by atoms with Crippen LogP contribution < -0.4 is 5.32 Å². The zero-order valence-electron chi connectivity index (χ0n) is 12.4. The van der Waals surface area contributed by atoms with Gasteiger partial charge in [-0.05, 0) is 23.9 Å². The lowest BCUT2D eigenvalue weighted by Crippen LogP contribution is -2.36. The molecule has 1 fully saturated rings. The highest BCUT2D eigenvalue weighted by molar-refractivity contribution is 7.10. The molecule has 0 spiro atoms. The van der Waals surface area contributed by atoms with Gasteiger partial charge in [0.2, 0.25) is 5.91 Å². The van der Waals surface area contributed by atoms with Gasteiger partial charge in [-0.2, -0.15) is 13.2 Å². The Bertz CT molecular complexity index is 588. The molecule has 5 nitrogen and oxygen atoms in total. The molecule has 0 saturated carbocycles. The van der Waals surface area contributed by atoms with Gasteiger partial charge in [-0.15, -0.1) is 11.3 Å². The molecule has 128 valence electrons. The van der Waals surface area contributed by atoms with Gasteiger partial charge in [0.05, 0.1) is 24.9 Å². The third kappa shape index (κ3) is 4.44. The van der Waals surface area contributed by atoms with Gasteiger partial charge in [0.1, 0.15) is 0 Å². The van der Waals surface area contributed by atoms with Gasteiger partial charge < -0.3 is 10.4 Å². The maximum atomic E-state index is 12.9. The number of alkyl halides is 3. The van der Waals surface area contributed by atoms with Crippen LogP contribution in [0, 0.1) is 18.8 Å². The van der Waals surface area contributed by atoms with Crippen LogP contribution in [0.25, 0.3) is 0 Å². The topological polar surface area (TPSA) is 69.6 Å². The van der Waals surface area contributed by atoms with Crippen LogP contribution >= 0.6 is 11.3 Å². The third-order valence-electron chi connectivity index (χ3n) is 3.91. The summed E-state index contributed by atoms with van der Waals surface area (Å²) < 4.78 is 38.6. The summed E-state index contributed by atoms with van der Waals surface area (Å²) >= 11 is 1.49. The van der Waals surface area contributed by atoms with E-state index in [1.165, 1.54) is 16.2 Å². The number of hydrogen-bond acceptors (Lipinski definition) is 4. The van der Waals surface area contributed by atoms with E-state index in [2.05, 4.69) is 5.32 Å². The van der Waals surface area contributed by atoms with E-state index in [0.717, 1.165) is 10.4 Å². The highest BCUT2D eigenvalue weighted by atomic mass is 32.1. The number of nitrogens with zero attached hydrogens (tertiary/aromatic N) is 1. The van der Waals surface area contributed by atoms with Gasteiger partial charge in [-0.1, -0.05) is 0 Å². The Labute approximate surface area is 135 Å². The number of halogens is 3. The molecule has 1 aliphatic rings. The number of rotatable bonds is 5. The van der Waals surface area contributed by atoms with Crippen molar-refractivity contribution in [3.63, 3.8) is 0 Å². The first-order valence-electron chi connectivity index (χ1n) is 7.00. The van der Waals surface area contributed by atoms with Crippen molar-refractivity contribution >= 4 is 23.2 Å². The van der Waals surface area contributed by atoms with Crippen molar-refractivity contribution in [3.8, 4) is 0 Å².